The molecule has 1 aromatic heterocycles. The number of nitrogens with zero attached hydrogens (tertiary/aromatic N) is 2. The predicted molar refractivity (Wildman–Crippen MR) is 64.8 cm³/mol. The number of piperidine rings is 1. The number of carbonyl (C=O) groups excluding carboxylic acids is 1. The van der Waals surface area contributed by atoms with Crippen molar-refractivity contribution >= 4 is 11.8 Å². The van der Waals surface area contributed by atoms with Gasteiger partial charge in [-0.25, -0.2) is 0 Å². The normalized spacial score (nSPS) is 21.4. The Bertz CT molecular complexity index is 389. The van der Waals surface area contributed by atoms with Crippen LogP contribution in [0.1, 0.15) is 31.9 Å². The van der Waals surface area contributed by atoms with E-state index in [1.54, 1.807) is 6.07 Å². The highest BCUT2D eigenvalue weighted by molar-refractivity contribution is 5.90. The molecule has 2 heterocycles. The van der Waals surface area contributed by atoms with Gasteiger partial charge in [0.25, 0.3) is 0 Å². The summed E-state index contributed by atoms with van der Waals surface area (Å²) in [6, 6.07) is 2.21. The Balaban J connectivity index is 1.84. The molecule has 0 bridgehead atoms. The fourth-order valence-electron chi connectivity index (χ4n) is 2.18. The van der Waals surface area contributed by atoms with Gasteiger partial charge in [0, 0.05) is 12.1 Å². The van der Waals surface area contributed by atoms with Gasteiger partial charge < -0.3 is 4.52 Å². The number of aromatic nitrogens is 1. The number of rotatable bonds is 3. The first kappa shape index (κ1) is 12.1. The lowest BCUT2D eigenvalue weighted by Gasteiger charge is -2.32. The zero-order valence-corrected chi connectivity index (χ0v) is 10.4. The van der Waals surface area contributed by atoms with Gasteiger partial charge in [0.2, 0.25) is 11.8 Å². The Morgan fingerprint density at radius 3 is 3.12 bits per heavy atom. The van der Waals surface area contributed by atoms with E-state index in [-0.39, 0.29) is 5.91 Å². The van der Waals surface area contributed by atoms with Gasteiger partial charge in [-0.3, -0.25) is 15.0 Å². The summed E-state index contributed by atoms with van der Waals surface area (Å²) in [7, 11) is 0. The first-order valence-corrected chi connectivity index (χ1v) is 6.12. The van der Waals surface area contributed by atoms with E-state index < -0.39 is 0 Å². The minimum Gasteiger partial charge on any atom is -0.338 e. The van der Waals surface area contributed by atoms with Gasteiger partial charge in [0.05, 0.1) is 12.2 Å². The fourth-order valence-corrected chi connectivity index (χ4v) is 2.18. The molecule has 1 N–H and O–H groups in total. The molecule has 1 fully saturated rings. The maximum atomic E-state index is 11.8. The van der Waals surface area contributed by atoms with Crippen molar-refractivity contribution in [2.24, 2.45) is 0 Å². The highest BCUT2D eigenvalue weighted by Crippen LogP contribution is 2.16. The smallest absolute Gasteiger partial charge is 0.240 e. The van der Waals surface area contributed by atoms with Gasteiger partial charge in [-0.2, -0.15) is 0 Å². The van der Waals surface area contributed by atoms with Crippen LogP contribution in [0.2, 0.25) is 0 Å². The van der Waals surface area contributed by atoms with Crippen molar-refractivity contribution in [3.8, 4) is 0 Å². The Hall–Kier alpha value is -1.36. The first-order chi connectivity index (χ1) is 8.15. The highest BCUT2D eigenvalue weighted by Gasteiger charge is 2.20. The summed E-state index contributed by atoms with van der Waals surface area (Å²) in [6.07, 6.45) is 3.62. The van der Waals surface area contributed by atoms with Crippen molar-refractivity contribution in [2.45, 2.75) is 39.2 Å². The SMILES string of the molecule is Cc1cc(NC(=O)CN2CCCCC2C)on1. The predicted octanol–water partition coefficient (Wildman–Crippen LogP) is 1.80. The molecule has 1 atom stereocenters. The second-order valence-electron chi connectivity index (χ2n) is 4.70. The lowest BCUT2D eigenvalue weighted by atomic mass is 10.0. The number of hydrogen-bond acceptors (Lipinski definition) is 4. The van der Waals surface area contributed by atoms with Crippen LogP contribution in [0.5, 0.6) is 0 Å². The van der Waals surface area contributed by atoms with Crippen LogP contribution in [0, 0.1) is 6.92 Å². The summed E-state index contributed by atoms with van der Waals surface area (Å²) in [5.74, 6) is 0.395. The van der Waals surface area contributed by atoms with Gasteiger partial charge in [-0.15, -0.1) is 0 Å². The maximum absolute atomic E-state index is 11.8. The Labute approximate surface area is 101 Å². The second kappa shape index (κ2) is 5.31. The standard InChI is InChI=1S/C12H19N3O2/c1-9-7-12(17-14-9)13-11(16)8-15-6-4-3-5-10(15)2/h7,10H,3-6,8H2,1-2H3,(H,13,16). The summed E-state index contributed by atoms with van der Waals surface area (Å²) in [4.78, 5) is 14.0. The van der Waals surface area contributed by atoms with Crippen molar-refractivity contribution in [2.75, 3.05) is 18.4 Å². The summed E-state index contributed by atoms with van der Waals surface area (Å²) in [5.41, 5.74) is 0.770. The number of hydrogen-bond donors (Lipinski definition) is 1. The van der Waals surface area contributed by atoms with Crippen LogP contribution in [0.15, 0.2) is 10.6 Å². The Morgan fingerprint density at radius 2 is 2.47 bits per heavy atom. The van der Waals surface area contributed by atoms with Crippen LogP contribution in [0.3, 0.4) is 0 Å². The molecule has 5 heteroatoms. The zero-order valence-electron chi connectivity index (χ0n) is 10.4. The van der Waals surface area contributed by atoms with Crippen LogP contribution in [-0.2, 0) is 4.79 Å². The quantitative estimate of drug-likeness (QED) is 0.870. The third kappa shape index (κ3) is 3.30. The molecule has 0 radical (unpaired) electrons. The lowest BCUT2D eigenvalue weighted by molar-refractivity contribution is -0.118. The molecule has 17 heavy (non-hydrogen) atoms. The number of amides is 1. The summed E-state index contributed by atoms with van der Waals surface area (Å²) in [6.45, 7) is 5.43. The van der Waals surface area contributed by atoms with E-state index in [0.29, 0.717) is 18.5 Å². The van der Waals surface area contributed by atoms with E-state index in [2.05, 4.69) is 22.3 Å². The minimum absolute atomic E-state index is 0.0325. The average Bonchev–Trinajstić information content (AvgIpc) is 2.67. The van der Waals surface area contributed by atoms with Crippen LogP contribution in [0.4, 0.5) is 5.88 Å². The number of likely N-dealkylation sites (tertiary alicyclic amines) is 1. The van der Waals surface area contributed by atoms with E-state index in [4.69, 9.17) is 4.52 Å². The summed E-state index contributed by atoms with van der Waals surface area (Å²) < 4.78 is 4.95. The molecule has 1 amide bonds. The van der Waals surface area contributed by atoms with E-state index in [0.717, 1.165) is 12.2 Å². The number of carbonyl (C=O) groups is 1. The number of aryl methyl sites for hydroxylation is 1. The minimum atomic E-state index is -0.0325. The van der Waals surface area contributed by atoms with Crippen LogP contribution in [0.25, 0.3) is 0 Å². The molecular weight excluding hydrogens is 218 g/mol. The molecule has 1 aliphatic rings. The van der Waals surface area contributed by atoms with E-state index >= 15 is 0 Å². The van der Waals surface area contributed by atoms with Gasteiger partial charge in [0.15, 0.2) is 0 Å². The van der Waals surface area contributed by atoms with Crippen molar-refractivity contribution in [1.29, 1.82) is 0 Å². The molecule has 0 aromatic carbocycles. The van der Waals surface area contributed by atoms with Crippen LogP contribution in [-0.4, -0.2) is 35.1 Å². The third-order valence-electron chi connectivity index (χ3n) is 3.18. The summed E-state index contributed by atoms with van der Waals surface area (Å²) >= 11 is 0. The number of anilines is 1. The first-order valence-electron chi connectivity index (χ1n) is 6.12. The van der Waals surface area contributed by atoms with Gasteiger partial charge in [0.1, 0.15) is 0 Å². The molecule has 0 saturated carbocycles. The lowest BCUT2D eigenvalue weighted by Crippen LogP contribution is -2.42. The zero-order chi connectivity index (χ0) is 12.3. The van der Waals surface area contributed by atoms with Gasteiger partial charge in [-0.05, 0) is 33.2 Å². The molecule has 1 aromatic rings. The third-order valence-corrected chi connectivity index (χ3v) is 3.18. The van der Waals surface area contributed by atoms with E-state index in [1.807, 2.05) is 6.92 Å². The molecule has 0 spiro atoms. The highest BCUT2D eigenvalue weighted by atomic mass is 16.5. The largest absolute Gasteiger partial charge is 0.338 e. The Morgan fingerprint density at radius 1 is 1.65 bits per heavy atom. The van der Waals surface area contributed by atoms with Crippen molar-refractivity contribution in [1.82, 2.24) is 10.1 Å². The monoisotopic (exact) mass is 237 g/mol. The van der Waals surface area contributed by atoms with E-state index in [9.17, 15) is 4.79 Å². The van der Waals surface area contributed by atoms with Gasteiger partial charge >= 0.3 is 0 Å². The number of nitrogens with one attached hydrogen (secondary N) is 1. The molecule has 1 saturated heterocycles. The van der Waals surface area contributed by atoms with Gasteiger partial charge in [-0.1, -0.05) is 11.6 Å². The van der Waals surface area contributed by atoms with Crippen molar-refractivity contribution in [3.05, 3.63) is 11.8 Å². The molecule has 1 unspecified atom stereocenters. The topological polar surface area (TPSA) is 58.4 Å². The molecule has 1 aliphatic heterocycles. The average molecular weight is 237 g/mol. The molecule has 2 rings (SSSR count). The summed E-state index contributed by atoms with van der Waals surface area (Å²) in [5, 5.41) is 6.45. The van der Waals surface area contributed by atoms with Crippen molar-refractivity contribution < 1.29 is 9.32 Å². The van der Waals surface area contributed by atoms with Crippen LogP contribution >= 0.6 is 0 Å². The molecular formula is C12H19N3O2. The molecule has 5 nitrogen and oxygen atoms in total. The molecule has 0 aliphatic carbocycles. The van der Waals surface area contributed by atoms with Crippen molar-refractivity contribution in [3.63, 3.8) is 0 Å². The Kier molecular flexibility index (Phi) is 3.78. The van der Waals surface area contributed by atoms with Crippen LogP contribution < -0.4 is 5.32 Å². The fraction of sp³-hybridized carbons (Fsp3) is 0.667. The maximum Gasteiger partial charge on any atom is 0.240 e. The second-order valence-corrected chi connectivity index (χ2v) is 4.70. The molecule has 94 valence electrons. The van der Waals surface area contributed by atoms with E-state index in [1.165, 1.54) is 19.3 Å².